The van der Waals surface area contributed by atoms with Gasteiger partial charge in [0.05, 0.1) is 17.6 Å². The smallest absolute Gasteiger partial charge is 0.104 e. The van der Waals surface area contributed by atoms with Crippen LogP contribution >= 0.6 is 22.9 Å². The maximum Gasteiger partial charge on any atom is 0.104 e. The molecule has 0 aliphatic rings. The van der Waals surface area contributed by atoms with Crippen molar-refractivity contribution in [3.05, 3.63) is 21.3 Å². The normalized spacial score (nSPS) is 13.1. The molecular weight excluding hydrogens is 222 g/mol. The van der Waals surface area contributed by atoms with Crippen LogP contribution in [-0.2, 0) is 9.47 Å². The second-order valence-corrected chi connectivity index (χ2v) is 4.48. The van der Waals surface area contributed by atoms with Crippen LogP contribution in [0, 0.1) is 0 Å². The average molecular weight is 236 g/mol. The zero-order chi connectivity index (χ0) is 10.4. The van der Waals surface area contributed by atoms with Crippen LogP contribution in [0.4, 0.5) is 0 Å². The van der Waals surface area contributed by atoms with E-state index in [1.807, 2.05) is 12.1 Å². The van der Waals surface area contributed by atoms with E-state index in [1.54, 1.807) is 7.11 Å². The Kier molecular flexibility index (Phi) is 5.44. The summed E-state index contributed by atoms with van der Waals surface area (Å²) in [5.41, 5.74) is 5.59. The molecule has 0 fully saturated rings. The second kappa shape index (κ2) is 6.37. The van der Waals surface area contributed by atoms with Gasteiger partial charge < -0.3 is 15.2 Å². The molecule has 5 heteroatoms. The standard InChI is InChI=1S/C9H14ClNO2S/c1-12-4-5-13-7(6-11)8-2-3-9(10)14-8/h2-3,7H,4-6,11H2,1H3. The molecule has 14 heavy (non-hydrogen) atoms. The fourth-order valence-corrected chi connectivity index (χ4v) is 2.16. The van der Waals surface area contributed by atoms with Crippen molar-refractivity contribution in [2.24, 2.45) is 5.73 Å². The molecule has 0 aromatic carbocycles. The highest BCUT2D eigenvalue weighted by atomic mass is 35.5. The van der Waals surface area contributed by atoms with E-state index in [0.29, 0.717) is 19.8 Å². The predicted molar refractivity (Wildman–Crippen MR) is 59.0 cm³/mol. The van der Waals surface area contributed by atoms with Gasteiger partial charge in [-0.05, 0) is 12.1 Å². The Morgan fingerprint density at radius 2 is 2.29 bits per heavy atom. The third-order valence-electron chi connectivity index (χ3n) is 1.73. The lowest BCUT2D eigenvalue weighted by Gasteiger charge is -2.13. The van der Waals surface area contributed by atoms with Gasteiger partial charge in [0.25, 0.3) is 0 Å². The van der Waals surface area contributed by atoms with Crippen molar-refractivity contribution in [2.45, 2.75) is 6.10 Å². The molecule has 1 atom stereocenters. The Morgan fingerprint density at radius 3 is 2.79 bits per heavy atom. The van der Waals surface area contributed by atoms with Crippen molar-refractivity contribution in [1.82, 2.24) is 0 Å². The highest BCUT2D eigenvalue weighted by molar-refractivity contribution is 7.16. The van der Waals surface area contributed by atoms with Gasteiger partial charge in [-0.3, -0.25) is 0 Å². The lowest BCUT2D eigenvalue weighted by atomic mass is 10.3. The van der Waals surface area contributed by atoms with E-state index >= 15 is 0 Å². The summed E-state index contributed by atoms with van der Waals surface area (Å²) in [6.07, 6.45) is -0.0670. The fourth-order valence-electron chi connectivity index (χ4n) is 1.04. The van der Waals surface area contributed by atoms with Crippen molar-refractivity contribution < 1.29 is 9.47 Å². The van der Waals surface area contributed by atoms with Crippen LogP contribution in [0.1, 0.15) is 11.0 Å². The fraction of sp³-hybridized carbons (Fsp3) is 0.556. The van der Waals surface area contributed by atoms with Crippen LogP contribution in [0.2, 0.25) is 4.34 Å². The van der Waals surface area contributed by atoms with Crippen molar-refractivity contribution in [3.8, 4) is 0 Å². The molecule has 80 valence electrons. The minimum atomic E-state index is -0.0670. The SMILES string of the molecule is COCCOC(CN)c1ccc(Cl)s1. The predicted octanol–water partition coefficient (Wildman–Crippen LogP) is 2.06. The van der Waals surface area contributed by atoms with E-state index in [9.17, 15) is 0 Å². The summed E-state index contributed by atoms with van der Waals surface area (Å²) >= 11 is 7.32. The van der Waals surface area contributed by atoms with E-state index in [2.05, 4.69) is 0 Å². The van der Waals surface area contributed by atoms with Crippen molar-refractivity contribution in [3.63, 3.8) is 0 Å². The topological polar surface area (TPSA) is 44.5 Å². The molecule has 1 unspecified atom stereocenters. The first kappa shape index (κ1) is 11.9. The van der Waals surface area contributed by atoms with Crippen molar-refractivity contribution in [1.29, 1.82) is 0 Å². The maximum atomic E-state index is 5.82. The molecule has 0 saturated heterocycles. The number of rotatable bonds is 6. The van der Waals surface area contributed by atoms with Crippen LogP contribution in [0.25, 0.3) is 0 Å². The number of thiophene rings is 1. The Hall–Kier alpha value is -0.130. The van der Waals surface area contributed by atoms with Gasteiger partial charge in [-0.25, -0.2) is 0 Å². The lowest BCUT2D eigenvalue weighted by Crippen LogP contribution is -2.16. The summed E-state index contributed by atoms with van der Waals surface area (Å²) < 4.78 is 11.2. The molecule has 1 rings (SSSR count). The van der Waals surface area contributed by atoms with Gasteiger partial charge in [0.1, 0.15) is 6.10 Å². The molecule has 2 N–H and O–H groups in total. The zero-order valence-corrected chi connectivity index (χ0v) is 9.61. The summed E-state index contributed by atoms with van der Waals surface area (Å²) in [6, 6.07) is 3.79. The minimum absolute atomic E-state index is 0.0670. The van der Waals surface area contributed by atoms with Crippen molar-refractivity contribution >= 4 is 22.9 Å². The Balaban J connectivity index is 2.45. The molecule has 1 aromatic heterocycles. The first-order chi connectivity index (χ1) is 6.77. The van der Waals surface area contributed by atoms with Crippen LogP contribution in [0.5, 0.6) is 0 Å². The van der Waals surface area contributed by atoms with E-state index in [-0.39, 0.29) is 6.10 Å². The molecule has 1 aromatic rings. The summed E-state index contributed by atoms with van der Waals surface area (Å²) in [5, 5.41) is 0. The molecule has 0 aliphatic carbocycles. The third kappa shape index (κ3) is 3.55. The molecule has 0 saturated carbocycles. The molecular formula is C9H14ClNO2S. The summed E-state index contributed by atoms with van der Waals surface area (Å²) in [7, 11) is 1.64. The monoisotopic (exact) mass is 235 g/mol. The maximum absolute atomic E-state index is 5.82. The molecule has 0 spiro atoms. The first-order valence-corrected chi connectivity index (χ1v) is 5.53. The molecule has 1 heterocycles. The van der Waals surface area contributed by atoms with E-state index < -0.39 is 0 Å². The molecule has 3 nitrogen and oxygen atoms in total. The van der Waals surface area contributed by atoms with Gasteiger partial charge in [0.15, 0.2) is 0 Å². The van der Waals surface area contributed by atoms with Crippen LogP contribution in [0.15, 0.2) is 12.1 Å². The van der Waals surface area contributed by atoms with Gasteiger partial charge in [-0.1, -0.05) is 11.6 Å². The Morgan fingerprint density at radius 1 is 1.50 bits per heavy atom. The zero-order valence-electron chi connectivity index (χ0n) is 8.03. The molecule has 0 amide bonds. The Labute approximate surface area is 92.8 Å². The van der Waals surface area contributed by atoms with Gasteiger partial charge in [-0.2, -0.15) is 0 Å². The lowest BCUT2D eigenvalue weighted by molar-refractivity contribution is 0.0224. The van der Waals surface area contributed by atoms with Gasteiger partial charge >= 0.3 is 0 Å². The van der Waals surface area contributed by atoms with Crippen molar-refractivity contribution in [2.75, 3.05) is 26.9 Å². The third-order valence-corrected chi connectivity index (χ3v) is 3.06. The number of halogens is 1. The summed E-state index contributed by atoms with van der Waals surface area (Å²) in [4.78, 5) is 1.06. The average Bonchev–Trinajstić information content (AvgIpc) is 2.60. The number of hydrogen-bond donors (Lipinski definition) is 1. The van der Waals surface area contributed by atoms with Crippen LogP contribution < -0.4 is 5.73 Å². The molecule has 0 bridgehead atoms. The highest BCUT2D eigenvalue weighted by Gasteiger charge is 2.11. The minimum Gasteiger partial charge on any atom is -0.382 e. The summed E-state index contributed by atoms with van der Waals surface area (Å²) in [6.45, 7) is 1.59. The van der Waals surface area contributed by atoms with E-state index in [0.717, 1.165) is 9.21 Å². The molecule has 0 radical (unpaired) electrons. The van der Waals surface area contributed by atoms with Crippen LogP contribution in [-0.4, -0.2) is 26.9 Å². The number of nitrogens with two attached hydrogens (primary N) is 1. The van der Waals surface area contributed by atoms with Gasteiger partial charge in [0, 0.05) is 18.5 Å². The van der Waals surface area contributed by atoms with E-state index in [4.69, 9.17) is 26.8 Å². The summed E-state index contributed by atoms with van der Waals surface area (Å²) in [5.74, 6) is 0. The largest absolute Gasteiger partial charge is 0.382 e. The van der Waals surface area contributed by atoms with Crippen LogP contribution in [0.3, 0.4) is 0 Å². The highest BCUT2D eigenvalue weighted by Crippen LogP contribution is 2.28. The first-order valence-electron chi connectivity index (χ1n) is 4.33. The number of ether oxygens (including phenoxy) is 2. The van der Waals surface area contributed by atoms with E-state index in [1.165, 1.54) is 11.3 Å². The number of methoxy groups -OCH3 is 1. The molecule has 0 aliphatic heterocycles. The number of hydrogen-bond acceptors (Lipinski definition) is 4. The quantitative estimate of drug-likeness (QED) is 0.768. The van der Waals surface area contributed by atoms with Gasteiger partial charge in [0.2, 0.25) is 0 Å². The Bertz CT molecular complexity index is 267. The second-order valence-electron chi connectivity index (χ2n) is 2.73. The van der Waals surface area contributed by atoms with Gasteiger partial charge in [-0.15, -0.1) is 11.3 Å².